The third-order valence-corrected chi connectivity index (χ3v) is 4.95. The summed E-state index contributed by atoms with van der Waals surface area (Å²) in [5, 5.41) is 13.7. The highest BCUT2D eigenvalue weighted by molar-refractivity contribution is 7.94. The molecular weight excluding hydrogens is 370 g/mol. The standard InChI is InChI=1S/C18H23N3O5S/c1-11-5-7-13(8-6-11)26-16-12(10-21(2)3)9-14(18(22)25-4)17(15(16)19)27(20,23)24/h5-8,10,16,19H,9H2,1-4H3,(H2,20,23,24). The number of rotatable bonds is 5. The SMILES string of the molecule is COC(=O)C1=C(S(N)(=O)=O)C(=N)C(Oc2ccc(C)cc2)C(=CN(C)C)C1. The van der Waals surface area contributed by atoms with E-state index in [1.54, 1.807) is 37.3 Å². The first-order valence-electron chi connectivity index (χ1n) is 8.08. The lowest BCUT2D eigenvalue weighted by molar-refractivity contribution is -0.136. The summed E-state index contributed by atoms with van der Waals surface area (Å²) < 4.78 is 34.8. The number of esters is 1. The molecule has 27 heavy (non-hydrogen) atoms. The van der Waals surface area contributed by atoms with Gasteiger partial charge in [-0.15, -0.1) is 0 Å². The van der Waals surface area contributed by atoms with Crippen molar-refractivity contribution in [3.05, 3.63) is 52.1 Å². The molecule has 0 amide bonds. The van der Waals surface area contributed by atoms with Crippen LogP contribution in [0.1, 0.15) is 12.0 Å². The molecule has 0 spiro atoms. The van der Waals surface area contributed by atoms with Gasteiger partial charge in [-0.25, -0.2) is 18.4 Å². The number of carbonyl (C=O) groups is 1. The van der Waals surface area contributed by atoms with E-state index in [9.17, 15) is 13.2 Å². The van der Waals surface area contributed by atoms with Crippen molar-refractivity contribution in [1.82, 2.24) is 4.90 Å². The van der Waals surface area contributed by atoms with Gasteiger partial charge >= 0.3 is 5.97 Å². The Kier molecular flexibility index (Phi) is 6.07. The van der Waals surface area contributed by atoms with Gasteiger partial charge in [0, 0.05) is 26.7 Å². The van der Waals surface area contributed by atoms with Crippen LogP contribution in [0.5, 0.6) is 5.75 Å². The summed E-state index contributed by atoms with van der Waals surface area (Å²) in [6.45, 7) is 1.92. The van der Waals surface area contributed by atoms with Gasteiger partial charge in [0.15, 0.2) is 6.10 Å². The van der Waals surface area contributed by atoms with E-state index in [1.807, 2.05) is 19.1 Å². The first-order valence-corrected chi connectivity index (χ1v) is 9.62. The molecule has 1 aliphatic rings. The van der Waals surface area contributed by atoms with Gasteiger partial charge in [0.1, 0.15) is 10.7 Å². The number of sulfonamides is 1. The number of methoxy groups -OCH3 is 1. The first-order chi connectivity index (χ1) is 12.5. The number of nitrogens with zero attached hydrogens (tertiary/aromatic N) is 1. The monoisotopic (exact) mass is 393 g/mol. The first kappa shape index (κ1) is 20.7. The topological polar surface area (TPSA) is 123 Å². The maximum atomic E-state index is 12.1. The van der Waals surface area contributed by atoms with E-state index in [0.717, 1.165) is 12.7 Å². The minimum absolute atomic E-state index is 0.0600. The molecular formula is C18H23N3O5S. The molecule has 0 radical (unpaired) electrons. The summed E-state index contributed by atoms with van der Waals surface area (Å²) in [6, 6.07) is 7.14. The lowest BCUT2D eigenvalue weighted by Gasteiger charge is -2.30. The second-order valence-electron chi connectivity index (χ2n) is 6.41. The zero-order valence-corrected chi connectivity index (χ0v) is 16.5. The van der Waals surface area contributed by atoms with E-state index in [1.165, 1.54) is 0 Å². The van der Waals surface area contributed by atoms with E-state index in [-0.39, 0.29) is 12.0 Å². The molecule has 1 aliphatic carbocycles. The number of hydrogen-bond donors (Lipinski definition) is 2. The van der Waals surface area contributed by atoms with Crippen LogP contribution in [0.4, 0.5) is 0 Å². The average Bonchev–Trinajstić information content (AvgIpc) is 2.56. The molecule has 8 nitrogen and oxygen atoms in total. The summed E-state index contributed by atoms with van der Waals surface area (Å²) in [7, 11) is 0.361. The number of aryl methyl sites for hydroxylation is 1. The molecule has 0 saturated carbocycles. The Morgan fingerprint density at radius 2 is 1.89 bits per heavy atom. The van der Waals surface area contributed by atoms with E-state index in [2.05, 4.69) is 4.74 Å². The Balaban J connectivity index is 2.60. The van der Waals surface area contributed by atoms with Crippen LogP contribution in [0.2, 0.25) is 0 Å². The fraction of sp³-hybridized carbons (Fsp3) is 0.333. The highest BCUT2D eigenvalue weighted by Gasteiger charge is 2.40. The fourth-order valence-corrected chi connectivity index (χ4v) is 3.70. The van der Waals surface area contributed by atoms with E-state index >= 15 is 0 Å². The van der Waals surface area contributed by atoms with Gasteiger partial charge < -0.3 is 14.4 Å². The van der Waals surface area contributed by atoms with Crippen LogP contribution in [0.3, 0.4) is 0 Å². The van der Waals surface area contributed by atoms with Gasteiger partial charge in [-0.2, -0.15) is 0 Å². The lowest BCUT2D eigenvalue weighted by Crippen LogP contribution is -2.40. The Morgan fingerprint density at radius 3 is 2.37 bits per heavy atom. The number of carbonyl (C=O) groups excluding carboxylic acids is 1. The molecule has 0 aliphatic heterocycles. The number of nitrogens with one attached hydrogen (secondary N) is 1. The number of benzene rings is 1. The molecule has 1 unspecified atom stereocenters. The Bertz CT molecular complexity index is 915. The number of hydrogen-bond acceptors (Lipinski definition) is 7. The molecule has 0 saturated heterocycles. The molecule has 0 aromatic heterocycles. The fourth-order valence-electron chi connectivity index (χ4n) is 2.79. The van der Waals surface area contributed by atoms with Crippen molar-refractivity contribution in [2.45, 2.75) is 19.4 Å². The highest BCUT2D eigenvalue weighted by Crippen LogP contribution is 2.33. The predicted molar refractivity (Wildman–Crippen MR) is 102 cm³/mol. The molecule has 1 aromatic rings. The van der Waals surface area contributed by atoms with Gasteiger partial charge in [0.2, 0.25) is 10.0 Å². The van der Waals surface area contributed by atoms with E-state index < -0.39 is 32.7 Å². The van der Waals surface area contributed by atoms with Crippen molar-refractivity contribution in [2.24, 2.45) is 5.14 Å². The zero-order valence-electron chi connectivity index (χ0n) is 15.6. The van der Waals surface area contributed by atoms with Crippen molar-refractivity contribution in [3.63, 3.8) is 0 Å². The summed E-state index contributed by atoms with van der Waals surface area (Å²) in [5.41, 5.74) is 0.987. The molecule has 0 fully saturated rings. The van der Waals surface area contributed by atoms with Crippen molar-refractivity contribution < 1.29 is 22.7 Å². The minimum Gasteiger partial charge on any atom is -0.480 e. The van der Waals surface area contributed by atoms with Crippen molar-refractivity contribution in [3.8, 4) is 5.75 Å². The third kappa shape index (κ3) is 4.75. The molecule has 0 bridgehead atoms. The van der Waals surface area contributed by atoms with Gasteiger partial charge in [-0.05, 0) is 24.6 Å². The molecule has 1 atom stereocenters. The minimum atomic E-state index is -4.33. The highest BCUT2D eigenvalue weighted by atomic mass is 32.2. The van der Waals surface area contributed by atoms with Gasteiger partial charge in [0.05, 0.1) is 18.4 Å². The van der Waals surface area contributed by atoms with Crippen molar-refractivity contribution in [2.75, 3.05) is 21.2 Å². The molecule has 146 valence electrons. The van der Waals surface area contributed by atoms with Gasteiger partial charge in [-0.3, -0.25) is 5.41 Å². The maximum absolute atomic E-state index is 12.1. The van der Waals surface area contributed by atoms with Gasteiger partial charge in [0.25, 0.3) is 0 Å². The Labute approximate surface area is 158 Å². The van der Waals surface area contributed by atoms with Gasteiger partial charge in [-0.1, -0.05) is 17.7 Å². The lowest BCUT2D eigenvalue weighted by atomic mass is 9.90. The largest absolute Gasteiger partial charge is 0.480 e. The Morgan fingerprint density at radius 1 is 1.30 bits per heavy atom. The summed E-state index contributed by atoms with van der Waals surface area (Å²) >= 11 is 0. The summed E-state index contributed by atoms with van der Waals surface area (Å²) in [6.07, 6.45) is 0.628. The maximum Gasteiger partial charge on any atom is 0.335 e. The zero-order chi connectivity index (χ0) is 20.4. The van der Waals surface area contributed by atoms with E-state index in [4.69, 9.17) is 15.3 Å². The van der Waals surface area contributed by atoms with E-state index in [0.29, 0.717) is 11.3 Å². The number of primary sulfonamides is 1. The number of ether oxygens (including phenoxy) is 2. The third-order valence-electron chi connectivity index (χ3n) is 3.91. The quantitative estimate of drug-likeness (QED) is 0.728. The Hall–Kier alpha value is -2.65. The smallest absolute Gasteiger partial charge is 0.335 e. The van der Waals surface area contributed by atoms with Crippen molar-refractivity contribution in [1.29, 1.82) is 5.41 Å². The molecule has 1 aromatic carbocycles. The van der Waals surface area contributed by atoms with Crippen LogP contribution in [0, 0.1) is 12.3 Å². The molecule has 2 rings (SSSR count). The van der Waals surface area contributed by atoms with Crippen LogP contribution in [0.15, 0.2) is 46.5 Å². The second-order valence-corrected chi connectivity index (χ2v) is 7.91. The normalized spacial score (nSPS) is 19.2. The molecule has 9 heteroatoms. The van der Waals surface area contributed by atoms with Crippen LogP contribution in [0.25, 0.3) is 0 Å². The predicted octanol–water partition coefficient (Wildman–Crippen LogP) is 1.33. The summed E-state index contributed by atoms with van der Waals surface area (Å²) in [4.78, 5) is 13.3. The second kappa shape index (κ2) is 7.93. The van der Waals surface area contributed by atoms with Crippen LogP contribution in [-0.2, 0) is 19.6 Å². The van der Waals surface area contributed by atoms with Crippen LogP contribution < -0.4 is 9.88 Å². The number of nitrogens with two attached hydrogens (primary N) is 1. The van der Waals surface area contributed by atoms with Crippen LogP contribution >= 0.6 is 0 Å². The average molecular weight is 393 g/mol. The van der Waals surface area contributed by atoms with Crippen LogP contribution in [-0.4, -0.2) is 52.3 Å². The molecule has 0 heterocycles. The summed E-state index contributed by atoms with van der Waals surface area (Å²) in [5.74, 6) is -0.377. The molecule has 3 N–H and O–H groups in total. The van der Waals surface area contributed by atoms with Crippen molar-refractivity contribution >= 4 is 21.7 Å².